The number of nitrogens with one attached hydrogen (secondary N) is 1. The van der Waals surface area contributed by atoms with Crippen LogP contribution in [0.3, 0.4) is 0 Å². The minimum absolute atomic E-state index is 0.0387. The third kappa shape index (κ3) is 3.62. The third-order valence-corrected chi connectivity index (χ3v) is 3.41. The molecular formula is C14H23NO. The molecule has 1 aromatic rings. The predicted molar refractivity (Wildman–Crippen MR) is 68.4 cm³/mol. The van der Waals surface area contributed by atoms with Crippen LogP contribution in [0.5, 0.6) is 0 Å². The first kappa shape index (κ1) is 13.2. The molecule has 0 aromatic heterocycles. The van der Waals surface area contributed by atoms with Crippen molar-refractivity contribution in [1.29, 1.82) is 0 Å². The maximum Gasteiger partial charge on any atom is 0.0448 e. The minimum atomic E-state index is 0.0387. The Bertz CT molecular complexity index is 324. The van der Waals surface area contributed by atoms with E-state index < -0.39 is 0 Å². The molecule has 0 aliphatic heterocycles. The lowest BCUT2D eigenvalue weighted by atomic mass is 9.94. The van der Waals surface area contributed by atoms with Gasteiger partial charge >= 0.3 is 0 Å². The molecule has 0 aliphatic carbocycles. The maximum absolute atomic E-state index is 9.04. The first-order chi connectivity index (χ1) is 7.61. The summed E-state index contributed by atoms with van der Waals surface area (Å²) in [4.78, 5) is 0. The Hall–Kier alpha value is -0.860. The van der Waals surface area contributed by atoms with Crippen molar-refractivity contribution < 1.29 is 5.11 Å². The van der Waals surface area contributed by atoms with Gasteiger partial charge in [-0.2, -0.15) is 0 Å². The van der Waals surface area contributed by atoms with E-state index in [2.05, 4.69) is 50.4 Å². The molecule has 16 heavy (non-hydrogen) atoms. The molecule has 0 aliphatic rings. The van der Waals surface area contributed by atoms with Gasteiger partial charge in [0.05, 0.1) is 0 Å². The molecule has 0 saturated carbocycles. The summed E-state index contributed by atoms with van der Waals surface area (Å²) in [5.41, 5.74) is 2.69. The van der Waals surface area contributed by atoms with Gasteiger partial charge in [-0.25, -0.2) is 0 Å². The molecule has 2 heteroatoms. The summed E-state index contributed by atoms with van der Waals surface area (Å²) in [5, 5.41) is 12.6. The van der Waals surface area contributed by atoms with Crippen LogP contribution in [0.4, 0.5) is 0 Å². The maximum atomic E-state index is 9.04. The molecule has 1 aromatic carbocycles. The first-order valence-corrected chi connectivity index (χ1v) is 6.01. The monoisotopic (exact) mass is 221 g/mol. The fraction of sp³-hybridized carbons (Fsp3) is 0.571. The highest BCUT2D eigenvalue weighted by Gasteiger charge is 2.20. The van der Waals surface area contributed by atoms with Crippen LogP contribution in [0.25, 0.3) is 0 Å². The molecule has 0 saturated heterocycles. The zero-order valence-electron chi connectivity index (χ0n) is 10.6. The molecule has 1 unspecified atom stereocenters. The number of hydrogen-bond acceptors (Lipinski definition) is 2. The summed E-state index contributed by atoms with van der Waals surface area (Å²) < 4.78 is 0. The van der Waals surface area contributed by atoms with E-state index in [1.807, 2.05) is 0 Å². The second-order valence-electron chi connectivity index (χ2n) is 4.67. The molecule has 0 bridgehead atoms. The predicted octanol–water partition coefficient (Wildman–Crippen LogP) is 2.64. The molecule has 0 amide bonds. The SMILES string of the molecule is CCC(C)(CCO)NCc1ccccc1C. The van der Waals surface area contributed by atoms with Crippen LogP contribution in [-0.4, -0.2) is 17.3 Å². The van der Waals surface area contributed by atoms with E-state index in [4.69, 9.17) is 5.11 Å². The second-order valence-corrected chi connectivity index (χ2v) is 4.67. The fourth-order valence-corrected chi connectivity index (χ4v) is 1.75. The van der Waals surface area contributed by atoms with Gasteiger partial charge in [-0.15, -0.1) is 0 Å². The molecule has 2 nitrogen and oxygen atoms in total. The highest BCUT2D eigenvalue weighted by atomic mass is 16.3. The number of aryl methyl sites for hydroxylation is 1. The van der Waals surface area contributed by atoms with Gasteiger partial charge in [-0.1, -0.05) is 31.2 Å². The average Bonchev–Trinajstić information content (AvgIpc) is 2.28. The number of aliphatic hydroxyl groups is 1. The lowest BCUT2D eigenvalue weighted by Crippen LogP contribution is -2.42. The van der Waals surface area contributed by atoms with Gasteiger partial charge in [0.1, 0.15) is 0 Å². The molecule has 0 radical (unpaired) electrons. The smallest absolute Gasteiger partial charge is 0.0448 e. The fourth-order valence-electron chi connectivity index (χ4n) is 1.75. The molecule has 1 atom stereocenters. The minimum Gasteiger partial charge on any atom is -0.396 e. The van der Waals surface area contributed by atoms with E-state index in [1.165, 1.54) is 11.1 Å². The Morgan fingerprint density at radius 3 is 2.56 bits per heavy atom. The average molecular weight is 221 g/mol. The van der Waals surface area contributed by atoms with Gasteiger partial charge < -0.3 is 10.4 Å². The summed E-state index contributed by atoms with van der Waals surface area (Å²) in [7, 11) is 0. The van der Waals surface area contributed by atoms with Crippen molar-refractivity contribution >= 4 is 0 Å². The van der Waals surface area contributed by atoms with Crippen molar-refractivity contribution in [2.24, 2.45) is 0 Å². The van der Waals surface area contributed by atoms with Crippen molar-refractivity contribution in [3.05, 3.63) is 35.4 Å². The van der Waals surface area contributed by atoms with Crippen molar-refractivity contribution in [2.45, 2.75) is 45.7 Å². The number of hydrogen-bond donors (Lipinski definition) is 2. The van der Waals surface area contributed by atoms with Crippen molar-refractivity contribution in [2.75, 3.05) is 6.61 Å². The quantitative estimate of drug-likeness (QED) is 0.774. The molecular weight excluding hydrogens is 198 g/mol. The van der Waals surface area contributed by atoms with Crippen LogP contribution >= 0.6 is 0 Å². The zero-order valence-corrected chi connectivity index (χ0v) is 10.6. The second kappa shape index (κ2) is 6.02. The Balaban J connectivity index is 2.59. The highest BCUT2D eigenvalue weighted by Crippen LogP contribution is 2.16. The number of benzene rings is 1. The van der Waals surface area contributed by atoms with Crippen LogP contribution < -0.4 is 5.32 Å². The van der Waals surface area contributed by atoms with E-state index in [0.717, 1.165) is 19.4 Å². The lowest BCUT2D eigenvalue weighted by molar-refractivity contribution is 0.214. The Labute approximate surface area is 98.7 Å². The van der Waals surface area contributed by atoms with Gasteiger partial charge in [0.15, 0.2) is 0 Å². The zero-order chi connectivity index (χ0) is 12.0. The van der Waals surface area contributed by atoms with Gasteiger partial charge in [0, 0.05) is 18.7 Å². The summed E-state index contributed by atoms with van der Waals surface area (Å²) in [6, 6.07) is 8.41. The van der Waals surface area contributed by atoms with Crippen LogP contribution in [0.2, 0.25) is 0 Å². The molecule has 0 spiro atoms. The van der Waals surface area contributed by atoms with E-state index >= 15 is 0 Å². The highest BCUT2D eigenvalue weighted by molar-refractivity contribution is 5.25. The van der Waals surface area contributed by atoms with Gasteiger partial charge in [0.25, 0.3) is 0 Å². The van der Waals surface area contributed by atoms with Crippen molar-refractivity contribution in [1.82, 2.24) is 5.32 Å². The standard InChI is InChI=1S/C14H23NO/c1-4-14(3,9-10-16)15-11-13-8-6-5-7-12(13)2/h5-8,15-16H,4,9-11H2,1-3H3. The Morgan fingerprint density at radius 2 is 2.00 bits per heavy atom. The van der Waals surface area contributed by atoms with Gasteiger partial charge in [-0.05, 0) is 37.8 Å². The van der Waals surface area contributed by atoms with E-state index in [0.29, 0.717) is 0 Å². The molecule has 0 heterocycles. The van der Waals surface area contributed by atoms with Gasteiger partial charge in [-0.3, -0.25) is 0 Å². The Kier molecular flexibility index (Phi) is 4.97. The molecule has 2 N–H and O–H groups in total. The van der Waals surface area contributed by atoms with Crippen LogP contribution in [-0.2, 0) is 6.54 Å². The van der Waals surface area contributed by atoms with Crippen LogP contribution in [0.1, 0.15) is 37.8 Å². The normalized spacial score (nSPS) is 14.8. The van der Waals surface area contributed by atoms with Crippen molar-refractivity contribution in [3.8, 4) is 0 Å². The largest absolute Gasteiger partial charge is 0.396 e. The van der Waals surface area contributed by atoms with Crippen LogP contribution in [0, 0.1) is 6.92 Å². The van der Waals surface area contributed by atoms with Crippen molar-refractivity contribution in [3.63, 3.8) is 0 Å². The van der Waals surface area contributed by atoms with E-state index in [9.17, 15) is 0 Å². The summed E-state index contributed by atoms with van der Waals surface area (Å²) in [6.45, 7) is 7.57. The van der Waals surface area contributed by atoms with E-state index in [-0.39, 0.29) is 12.1 Å². The van der Waals surface area contributed by atoms with Gasteiger partial charge in [0.2, 0.25) is 0 Å². The molecule has 1 rings (SSSR count). The number of rotatable bonds is 6. The van der Waals surface area contributed by atoms with Crippen LogP contribution in [0.15, 0.2) is 24.3 Å². The lowest BCUT2D eigenvalue weighted by Gasteiger charge is -2.29. The molecule has 0 fully saturated rings. The van der Waals surface area contributed by atoms with E-state index in [1.54, 1.807) is 0 Å². The summed E-state index contributed by atoms with van der Waals surface area (Å²) in [5.74, 6) is 0. The summed E-state index contributed by atoms with van der Waals surface area (Å²) >= 11 is 0. The Morgan fingerprint density at radius 1 is 1.31 bits per heavy atom. The molecule has 90 valence electrons. The summed E-state index contributed by atoms with van der Waals surface area (Å²) in [6.07, 6.45) is 1.83. The number of aliphatic hydroxyl groups excluding tert-OH is 1. The third-order valence-electron chi connectivity index (χ3n) is 3.41. The topological polar surface area (TPSA) is 32.3 Å². The first-order valence-electron chi connectivity index (χ1n) is 6.01.